The molecule has 0 aliphatic rings. The van der Waals surface area contributed by atoms with Crippen molar-refractivity contribution in [2.75, 3.05) is 53.8 Å². The lowest BCUT2D eigenvalue weighted by atomic mass is 10.3. The van der Waals surface area contributed by atoms with Crippen molar-refractivity contribution in [1.82, 2.24) is 0 Å². The van der Waals surface area contributed by atoms with Crippen LogP contribution in [-0.4, -0.2) is 97.0 Å². The summed E-state index contributed by atoms with van der Waals surface area (Å²) in [5, 5.41) is 18.4. The summed E-state index contributed by atoms with van der Waals surface area (Å²) < 4.78 is 0.696. The first-order valence-electron chi connectivity index (χ1n) is 6.19. The minimum Gasteiger partial charge on any atom is -0.477 e. The van der Waals surface area contributed by atoms with Crippen molar-refractivity contribution >= 4 is 33.5 Å². The molecule has 0 aliphatic heterocycles. The molecule has 0 fully saturated rings. The molecule has 0 spiro atoms. The Morgan fingerprint density at radius 2 is 1.05 bits per heavy atom. The molecule has 8 heteroatoms. The van der Waals surface area contributed by atoms with E-state index in [0.717, 1.165) is 0 Å². The molecule has 2 atom stereocenters. The zero-order valence-electron chi connectivity index (χ0n) is 13.0. The van der Waals surface area contributed by atoms with Gasteiger partial charge in [0.15, 0.2) is 12.1 Å². The number of aliphatic carboxylic acids is 2. The third-order valence-electron chi connectivity index (χ3n) is 2.98. The molecule has 0 amide bonds. The van der Waals surface area contributed by atoms with Crippen LogP contribution in [-0.2, 0) is 9.59 Å². The van der Waals surface area contributed by atoms with Crippen LogP contribution < -0.4 is 0 Å². The molecule has 0 bridgehead atoms. The summed E-state index contributed by atoms with van der Waals surface area (Å²) in [6, 6.07) is -1.00. The van der Waals surface area contributed by atoms with Gasteiger partial charge in [-0.15, -0.1) is 0 Å². The van der Waals surface area contributed by atoms with Crippen molar-refractivity contribution in [3.63, 3.8) is 0 Å². The van der Waals surface area contributed by atoms with Gasteiger partial charge in [-0.1, -0.05) is 21.6 Å². The van der Waals surface area contributed by atoms with Crippen LogP contribution in [0.25, 0.3) is 0 Å². The van der Waals surface area contributed by atoms with Crippen LogP contribution >= 0.6 is 21.6 Å². The summed E-state index contributed by atoms with van der Waals surface area (Å²) in [6.07, 6.45) is 0. The van der Waals surface area contributed by atoms with E-state index in [1.165, 1.54) is 21.6 Å². The maximum absolute atomic E-state index is 11.2. The van der Waals surface area contributed by atoms with Gasteiger partial charge in [0.25, 0.3) is 0 Å². The van der Waals surface area contributed by atoms with Gasteiger partial charge in [-0.2, -0.15) is 0 Å². The zero-order valence-corrected chi connectivity index (χ0v) is 14.6. The quantitative estimate of drug-likeness (QED) is 0.369. The Labute approximate surface area is 128 Å². The molecule has 0 radical (unpaired) electrons. The molecule has 0 rings (SSSR count). The minimum atomic E-state index is -0.827. The van der Waals surface area contributed by atoms with Gasteiger partial charge < -0.3 is 19.2 Å². The summed E-state index contributed by atoms with van der Waals surface area (Å²) in [5.74, 6) is -0.751. The Balaban J connectivity index is 4.37. The number of carboxylic acids is 2. The number of carbonyl (C=O) groups is 2. The van der Waals surface area contributed by atoms with Gasteiger partial charge in [0.2, 0.25) is 0 Å². The summed E-state index contributed by atoms with van der Waals surface area (Å²) in [6.45, 7) is 0. The number of hydrogen-bond donors (Lipinski definition) is 2. The summed E-state index contributed by atoms with van der Waals surface area (Å²) in [4.78, 5) is 22.4. The average Bonchev–Trinajstić information content (AvgIpc) is 2.17. The highest BCUT2D eigenvalue weighted by molar-refractivity contribution is 8.76. The van der Waals surface area contributed by atoms with Crippen LogP contribution in [0.2, 0.25) is 0 Å². The van der Waals surface area contributed by atoms with E-state index >= 15 is 0 Å². The number of likely N-dealkylation sites (N-methyl/N-ethyl adjacent to an activating group) is 2. The first-order valence-corrected chi connectivity index (χ1v) is 8.68. The Hall–Kier alpha value is -0.440. The highest BCUT2D eigenvalue weighted by Gasteiger charge is 2.33. The molecule has 0 aromatic heterocycles. The lowest BCUT2D eigenvalue weighted by Gasteiger charge is -2.32. The zero-order chi connectivity index (χ0) is 16.1. The molecule has 0 heterocycles. The fraction of sp³-hybridized carbons (Fsp3) is 0.833. The molecule has 2 N–H and O–H groups in total. The smallest absolute Gasteiger partial charge is 0.363 e. The maximum Gasteiger partial charge on any atom is 0.363 e. The third-order valence-corrected chi connectivity index (χ3v) is 5.36. The second kappa shape index (κ2) is 7.53. The van der Waals surface area contributed by atoms with Gasteiger partial charge in [-0.25, -0.2) is 9.59 Å². The normalized spacial score (nSPS) is 15.7. The minimum absolute atomic E-state index is 0.348. The third kappa shape index (κ3) is 6.83. The molecule has 0 aromatic carbocycles. The topological polar surface area (TPSA) is 74.6 Å². The molecule has 2 unspecified atom stereocenters. The van der Waals surface area contributed by atoms with Crippen LogP contribution in [0.1, 0.15) is 0 Å². The SMILES string of the molecule is C[N+](C)(C)C(CSSCC(C(=O)O)[N+](C)(C)C)C(=O)O. The molecular weight excluding hydrogens is 300 g/mol. The van der Waals surface area contributed by atoms with Gasteiger partial charge in [0.05, 0.1) is 53.8 Å². The van der Waals surface area contributed by atoms with Crippen molar-refractivity contribution in [2.24, 2.45) is 0 Å². The fourth-order valence-electron chi connectivity index (χ4n) is 1.48. The van der Waals surface area contributed by atoms with E-state index in [1.54, 1.807) is 0 Å². The van der Waals surface area contributed by atoms with Gasteiger partial charge in [-0.3, -0.25) is 0 Å². The van der Waals surface area contributed by atoms with Crippen molar-refractivity contribution in [3.8, 4) is 0 Å². The first-order chi connectivity index (χ1) is 8.87. The summed E-state index contributed by atoms with van der Waals surface area (Å²) in [7, 11) is 13.9. The monoisotopic (exact) mass is 326 g/mol. The van der Waals surface area contributed by atoms with Crippen LogP contribution in [0.3, 0.4) is 0 Å². The number of quaternary nitrogens is 2. The van der Waals surface area contributed by atoms with Crippen molar-refractivity contribution < 1.29 is 28.8 Å². The lowest BCUT2D eigenvalue weighted by molar-refractivity contribution is -0.884. The van der Waals surface area contributed by atoms with Crippen molar-refractivity contribution in [2.45, 2.75) is 12.1 Å². The highest BCUT2D eigenvalue weighted by Crippen LogP contribution is 2.27. The molecule has 20 heavy (non-hydrogen) atoms. The van der Waals surface area contributed by atoms with Gasteiger partial charge in [0.1, 0.15) is 0 Å². The number of nitrogens with zero attached hydrogens (tertiary/aromatic N) is 2. The number of carboxylic acid groups (broad SMARTS) is 2. The molecule has 0 saturated carbocycles. The summed E-state index contributed by atoms with van der Waals surface area (Å²) in [5.41, 5.74) is 0. The van der Waals surface area contributed by atoms with Crippen LogP contribution in [0.5, 0.6) is 0 Å². The predicted molar refractivity (Wildman–Crippen MR) is 83.8 cm³/mol. The average molecular weight is 326 g/mol. The van der Waals surface area contributed by atoms with Gasteiger partial charge in [0, 0.05) is 0 Å². The molecule has 6 nitrogen and oxygen atoms in total. The van der Waals surface area contributed by atoms with Gasteiger partial charge >= 0.3 is 11.9 Å². The molecule has 118 valence electrons. The lowest BCUT2D eigenvalue weighted by Crippen LogP contribution is -2.52. The van der Waals surface area contributed by atoms with Crippen LogP contribution in [0.15, 0.2) is 0 Å². The van der Waals surface area contributed by atoms with Crippen molar-refractivity contribution in [1.29, 1.82) is 0 Å². The molecule has 0 aromatic rings. The second-order valence-corrected chi connectivity index (χ2v) is 9.06. The fourth-order valence-corrected chi connectivity index (χ4v) is 4.46. The molecule has 0 aliphatic carbocycles. The van der Waals surface area contributed by atoms with Crippen LogP contribution in [0.4, 0.5) is 0 Å². The predicted octanol–water partition coefficient (Wildman–Crippen LogP) is 0.687. The largest absolute Gasteiger partial charge is 0.477 e. The Bertz CT molecular complexity index is 316. The van der Waals surface area contributed by atoms with Gasteiger partial charge in [-0.05, 0) is 0 Å². The molecule has 0 saturated heterocycles. The van der Waals surface area contributed by atoms with E-state index in [4.69, 9.17) is 0 Å². The standard InChI is InChI=1S/C12H24N2O4S2/c1-13(2,3)9(11(15)16)7-19-20-8-10(12(17)18)14(4,5)6/h9-10H,7-8H2,1-6H3/p+2. The van der Waals surface area contributed by atoms with E-state index in [1.807, 2.05) is 42.3 Å². The Morgan fingerprint density at radius 1 is 0.800 bits per heavy atom. The molecular formula is C12H26N2O4S2+2. The summed E-state index contributed by atoms with van der Waals surface area (Å²) >= 11 is 0. The van der Waals surface area contributed by atoms with E-state index in [2.05, 4.69) is 0 Å². The Kier molecular flexibility index (Phi) is 7.37. The highest BCUT2D eigenvalue weighted by atomic mass is 33.1. The van der Waals surface area contributed by atoms with Crippen molar-refractivity contribution in [3.05, 3.63) is 0 Å². The number of rotatable bonds is 9. The van der Waals surface area contributed by atoms with E-state index in [-0.39, 0.29) is 0 Å². The number of hydrogen-bond acceptors (Lipinski definition) is 4. The first kappa shape index (κ1) is 19.6. The van der Waals surface area contributed by atoms with Crippen LogP contribution in [0, 0.1) is 0 Å². The van der Waals surface area contributed by atoms with E-state index in [9.17, 15) is 19.8 Å². The second-order valence-electron chi connectivity index (χ2n) is 6.51. The Morgan fingerprint density at radius 3 is 1.20 bits per heavy atom. The van der Waals surface area contributed by atoms with E-state index in [0.29, 0.717) is 20.5 Å². The van der Waals surface area contributed by atoms with E-state index < -0.39 is 24.0 Å². The maximum atomic E-state index is 11.2.